The zero-order valence-electron chi connectivity index (χ0n) is 12.2. The molecule has 1 aliphatic rings. The Balaban J connectivity index is 1.85. The molecule has 0 spiro atoms. The molecule has 0 aromatic heterocycles. The smallest absolute Gasteiger partial charge is 0.263 e. The van der Waals surface area contributed by atoms with E-state index >= 15 is 0 Å². The number of amides is 1. The molecule has 1 aromatic rings. The van der Waals surface area contributed by atoms with Gasteiger partial charge in [-0.25, -0.2) is 5.84 Å². The van der Waals surface area contributed by atoms with E-state index in [1.165, 1.54) is 0 Å². The normalized spacial score (nSPS) is 21.0. The zero-order valence-corrected chi connectivity index (χ0v) is 12.2. The fourth-order valence-electron chi connectivity index (χ4n) is 2.20. The quantitative estimate of drug-likeness (QED) is 0.451. The van der Waals surface area contributed by atoms with Crippen molar-refractivity contribution in [3.63, 3.8) is 0 Å². The highest BCUT2D eigenvalue weighted by Crippen LogP contribution is 2.28. The molecule has 1 aromatic carbocycles. The molecule has 116 valence electrons. The summed E-state index contributed by atoms with van der Waals surface area (Å²) in [7, 11) is 0. The van der Waals surface area contributed by atoms with Gasteiger partial charge in [0.05, 0.1) is 12.7 Å². The van der Waals surface area contributed by atoms with Crippen molar-refractivity contribution in [3.8, 4) is 11.5 Å². The Kier molecular flexibility index (Phi) is 5.83. The van der Waals surface area contributed by atoms with Gasteiger partial charge in [-0.1, -0.05) is 19.1 Å². The van der Waals surface area contributed by atoms with Crippen LogP contribution >= 0.6 is 0 Å². The molecular formula is C15H22N2O4. The Bertz CT molecular complexity index is 467. The van der Waals surface area contributed by atoms with Gasteiger partial charge in [-0.15, -0.1) is 0 Å². The lowest BCUT2D eigenvalue weighted by Crippen LogP contribution is -2.39. The van der Waals surface area contributed by atoms with Gasteiger partial charge in [0.2, 0.25) is 0 Å². The lowest BCUT2D eigenvalue weighted by atomic mass is 10.2. The summed E-state index contributed by atoms with van der Waals surface area (Å²) in [4.78, 5) is 11.4. The maximum atomic E-state index is 11.4. The van der Waals surface area contributed by atoms with Crippen LogP contribution in [0.2, 0.25) is 0 Å². The summed E-state index contributed by atoms with van der Waals surface area (Å²) in [6, 6.07) is 7.55. The van der Waals surface area contributed by atoms with Crippen LogP contribution in [-0.4, -0.2) is 31.3 Å². The fraction of sp³-hybridized carbons (Fsp3) is 0.533. The molecule has 1 fully saturated rings. The summed E-state index contributed by atoms with van der Waals surface area (Å²) in [5.41, 5.74) is 2.11. The number of hydrazine groups is 1. The first-order valence-corrected chi connectivity index (χ1v) is 7.25. The highest BCUT2D eigenvalue weighted by molar-refractivity contribution is 5.80. The average Bonchev–Trinajstić information content (AvgIpc) is 3.00. The van der Waals surface area contributed by atoms with Crippen molar-refractivity contribution in [1.82, 2.24) is 5.43 Å². The summed E-state index contributed by atoms with van der Waals surface area (Å²) < 4.78 is 17.0. The summed E-state index contributed by atoms with van der Waals surface area (Å²) >= 11 is 0. The number of nitrogens with one attached hydrogen (secondary N) is 1. The maximum absolute atomic E-state index is 11.4. The summed E-state index contributed by atoms with van der Waals surface area (Å²) in [6.45, 7) is 3.10. The molecule has 3 N–H and O–H groups in total. The van der Waals surface area contributed by atoms with Gasteiger partial charge in [-0.05, 0) is 31.4 Å². The number of nitrogens with two attached hydrogens (primary N) is 1. The molecule has 1 saturated heterocycles. The molecule has 1 amide bonds. The van der Waals surface area contributed by atoms with Crippen LogP contribution in [0.15, 0.2) is 24.3 Å². The van der Waals surface area contributed by atoms with Crippen LogP contribution in [0.5, 0.6) is 11.5 Å². The third kappa shape index (κ3) is 4.34. The Morgan fingerprint density at radius 1 is 1.33 bits per heavy atom. The summed E-state index contributed by atoms with van der Waals surface area (Å²) in [5.74, 6) is 6.24. The minimum absolute atomic E-state index is 0.105. The van der Waals surface area contributed by atoms with E-state index in [0.717, 1.165) is 18.6 Å². The number of hydrogen-bond acceptors (Lipinski definition) is 5. The molecule has 0 radical (unpaired) electrons. The van der Waals surface area contributed by atoms with Crippen molar-refractivity contribution in [3.05, 3.63) is 24.3 Å². The van der Waals surface area contributed by atoms with Crippen molar-refractivity contribution in [1.29, 1.82) is 0 Å². The number of ether oxygens (including phenoxy) is 3. The van der Waals surface area contributed by atoms with Crippen molar-refractivity contribution < 1.29 is 19.0 Å². The molecule has 0 saturated carbocycles. The van der Waals surface area contributed by atoms with Crippen LogP contribution in [-0.2, 0) is 9.53 Å². The van der Waals surface area contributed by atoms with E-state index < -0.39 is 6.10 Å². The van der Waals surface area contributed by atoms with Crippen molar-refractivity contribution >= 4 is 5.91 Å². The SMILES string of the molecule is CCCOc1ccccc1OCC1CCC(C(=O)NN)O1. The number of para-hydroxylation sites is 2. The number of rotatable bonds is 7. The monoisotopic (exact) mass is 294 g/mol. The molecule has 21 heavy (non-hydrogen) atoms. The average molecular weight is 294 g/mol. The summed E-state index contributed by atoms with van der Waals surface area (Å²) in [6.07, 6.45) is 1.79. The van der Waals surface area contributed by atoms with Gasteiger partial charge in [0.15, 0.2) is 11.5 Å². The first-order chi connectivity index (χ1) is 10.2. The van der Waals surface area contributed by atoms with E-state index in [1.54, 1.807) is 0 Å². The largest absolute Gasteiger partial charge is 0.490 e. The molecule has 2 atom stereocenters. The van der Waals surface area contributed by atoms with Gasteiger partial charge >= 0.3 is 0 Å². The first kappa shape index (κ1) is 15.6. The molecule has 0 aliphatic carbocycles. The van der Waals surface area contributed by atoms with Crippen LogP contribution in [0, 0.1) is 0 Å². The first-order valence-electron chi connectivity index (χ1n) is 7.25. The molecule has 1 heterocycles. The van der Waals surface area contributed by atoms with Crippen molar-refractivity contribution in [2.45, 2.75) is 38.4 Å². The second-order valence-electron chi connectivity index (χ2n) is 4.94. The molecule has 1 aliphatic heterocycles. The minimum atomic E-state index is -0.477. The summed E-state index contributed by atoms with van der Waals surface area (Å²) in [5, 5.41) is 0. The predicted octanol–water partition coefficient (Wildman–Crippen LogP) is 1.39. The lowest BCUT2D eigenvalue weighted by Gasteiger charge is -2.16. The van der Waals surface area contributed by atoms with Gasteiger partial charge in [0, 0.05) is 0 Å². The van der Waals surface area contributed by atoms with E-state index in [4.69, 9.17) is 20.1 Å². The molecule has 6 nitrogen and oxygen atoms in total. The Morgan fingerprint density at radius 2 is 2.05 bits per heavy atom. The van der Waals surface area contributed by atoms with Gasteiger partial charge in [0.25, 0.3) is 5.91 Å². The third-order valence-electron chi connectivity index (χ3n) is 3.28. The van der Waals surface area contributed by atoms with E-state index in [1.807, 2.05) is 24.3 Å². The maximum Gasteiger partial charge on any atom is 0.263 e. The molecular weight excluding hydrogens is 272 g/mol. The molecule has 0 bridgehead atoms. The molecule has 2 unspecified atom stereocenters. The minimum Gasteiger partial charge on any atom is -0.490 e. The van der Waals surface area contributed by atoms with E-state index in [-0.39, 0.29) is 12.0 Å². The number of hydrogen-bond donors (Lipinski definition) is 2. The second kappa shape index (κ2) is 7.85. The fourth-order valence-corrected chi connectivity index (χ4v) is 2.20. The topological polar surface area (TPSA) is 82.8 Å². The third-order valence-corrected chi connectivity index (χ3v) is 3.28. The molecule has 2 rings (SSSR count). The van der Waals surface area contributed by atoms with E-state index in [2.05, 4.69) is 12.3 Å². The van der Waals surface area contributed by atoms with Gasteiger partial charge < -0.3 is 14.2 Å². The van der Waals surface area contributed by atoms with Crippen LogP contribution in [0.25, 0.3) is 0 Å². The van der Waals surface area contributed by atoms with Crippen LogP contribution in [0.3, 0.4) is 0 Å². The molecule has 6 heteroatoms. The van der Waals surface area contributed by atoms with Crippen LogP contribution < -0.4 is 20.7 Å². The van der Waals surface area contributed by atoms with Crippen LogP contribution in [0.4, 0.5) is 0 Å². The Labute approximate surface area is 124 Å². The van der Waals surface area contributed by atoms with E-state index in [0.29, 0.717) is 25.4 Å². The standard InChI is InChI=1S/C15H22N2O4/c1-2-9-19-12-5-3-4-6-13(12)20-10-11-7-8-14(21-11)15(18)17-16/h3-6,11,14H,2,7-10,16H2,1H3,(H,17,18). The van der Waals surface area contributed by atoms with Crippen molar-refractivity contribution in [2.75, 3.05) is 13.2 Å². The number of carbonyl (C=O) groups is 1. The lowest BCUT2D eigenvalue weighted by molar-refractivity contribution is -0.132. The second-order valence-corrected chi connectivity index (χ2v) is 4.94. The Hall–Kier alpha value is -1.79. The zero-order chi connectivity index (χ0) is 15.1. The van der Waals surface area contributed by atoms with Gasteiger partial charge in [-0.2, -0.15) is 0 Å². The van der Waals surface area contributed by atoms with Crippen molar-refractivity contribution in [2.24, 2.45) is 5.84 Å². The number of benzene rings is 1. The highest BCUT2D eigenvalue weighted by atomic mass is 16.6. The van der Waals surface area contributed by atoms with Crippen LogP contribution in [0.1, 0.15) is 26.2 Å². The predicted molar refractivity (Wildman–Crippen MR) is 77.9 cm³/mol. The van der Waals surface area contributed by atoms with Gasteiger partial charge in [-0.3, -0.25) is 10.2 Å². The Morgan fingerprint density at radius 3 is 2.71 bits per heavy atom. The van der Waals surface area contributed by atoms with Gasteiger partial charge in [0.1, 0.15) is 12.7 Å². The highest BCUT2D eigenvalue weighted by Gasteiger charge is 2.30. The van der Waals surface area contributed by atoms with E-state index in [9.17, 15) is 4.79 Å². The number of carbonyl (C=O) groups excluding carboxylic acids is 1.